The monoisotopic (exact) mass is 434 g/mol. The van der Waals surface area contributed by atoms with Crippen LogP contribution < -0.4 is 15.4 Å². The number of rotatable bonds is 6. The molecule has 0 saturated carbocycles. The first-order valence-corrected chi connectivity index (χ1v) is 10.8. The summed E-state index contributed by atoms with van der Waals surface area (Å²) in [5.74, 6) is 3.09. The number of aliphatic hydroxyl groups is 1. The van der Waals surface area contributed by atoms with Crippen molar-refractivity contribution in [3.63, 3.8) is 0 Å². The van der Waals surface area contributed by atoms with E-state index in [1.165, 1.54) is 0 Å². The van der Waals surface area contributed by atoms with Gasteiger partial charge in [-0.1, -0.05) is 48.5 Å². The van der Waals surface area contributed by atoms with Gasteiger partial charge in [0.15, 0.2) is 11.8 Å². The van der Waals surface area contributed by atoms with Crippen LogP contribution in [0.5, 0.6) is 5.75 Å². The molecule has 2 aromatic carbocycles. The highest BCUT2D eigenvalue weighted by atomic mass is 16.5. The van der Waals surface area contributed by atoms with E-state index in [1.807, 2.05) is 67.1 Å². The zero-order valence-electron chi connectivity index (χ0n) is 18.7. The van der Waals surface area contributed by atoms with Gasteiger partial charge in [0, 0.05) is 19.0 Å². The van der Waals surface area contributed by atoms with Crippen LogP contribution >= 0.6 is 0 Å². The molecule has 2 atom stereocenters. The molecule has 4 rings (SSSR count). The van der Waals surface area contributed by atoms with Crippen LogP contribution in [0.2, 0.25) is 0 Å². The van der Waals surface area contributed by atoms with Gasteiger partial charge in [0.25, 0.3) is 0 Å². The summed E-state index contributed by atoms with van der Waals surface area (Å²) in [6, 6.07) is 17.7. The maximum absolute atomic E-state index is 11.0. The van der Waals surface area contributed by atoms with Crippen molar-refractivity contribution < 1.29 is 9.84 Å². The normalized spacial score (nSPS) is 17.8. The number of ether oxygens (including phenoxy) is 1. The van der Waals surface area contributed by atoms with E-state index in [4.69, 9.17) is 9.73 Å². The Morgan fingerprint density at radius 3 is 2.69 bits per heavy atom. The summed E-state index contributed by atoms with van der Waals surface area (Å²) in [5.41, 5.74) is 0.878. The topological polar surface area (TPSA) is 96.6 Å². The smallest absolute Gasteiger partial charge is 0.192 e. The molecule has 0 spiro atoms. The lowest BCUT2D eigenvalue weighted by Gasteiger charge is -2.30. The minimum atomic E-state index is -1.06. The first-order chi connectivity index (χ1) is 15.4. The summed E-state index contributed by atoms with van der Waals surface area (Å²) in [6.45, 7) is 5.00. The van der Waals surface area contributed by atoms with Gasteiger partial charge in [-0.2, -0.15) is 0 Å². The molecule has 2 unspecified atom stereocenters. The molecule has 0 saturated heterocycles. The molecule has 32 heavy (non-hydrogen) atoms. The number of para-hydroxylation sites is 1. The van der Waals surface area contributed by atoms with Crippen LogP contribution in [0.4, 0.5) is 0 Å². The minimum absolute atomic E-state index is 0.0501. The summed E-state index contributed by atoms with van der Waals surface area (Å²) in [4.78, 5) is 4.75. The Morgan fingerprint density at radius 2 is 1.94 bits per heavy atom. The lowest BCUT2D eigenvalue weighted by Crippen LogP contribution is -2.46. The Kier molecular flexibility index (Phi) is 6.41. The number of aromatic nitrogens is 3. The van der Waals surface area contributed by atoms with Crippen LogP contribution in [0.3, 0.4) is 0 Å². The number of nitrogens with zero attached hydrogens (tertiary/aromatic N) is 4. The molecule has 1 aromatic heterocycles. The van der Waals surface area contributed by atoms with Gasteiger partial charge in [-0.05, 0) is 25.5 Å². The second kappa shape index (κ2) is 9.40. The van der Waals surface area contributed by atoms with Crippen LogP contribution in [-0.2, 0) is 19.2 Å². The van der Waals surface area contributed by atoms with Crippen molar-refractivity contribution in [2.24, 2.45) is 12.0 Å². The van der Waals surface area contributed by atoms with Crippen LogP contribution in [0.1, 0.15) is 42.2 Å². The SMILES string of the molecule is Cc1nnc(CN=C(NCC(C)(O)c2ccccc2)NC2CCOc3ccccc32)n1C. The van der Waals surface area contributed by atoms with E-state index >= 15 is 0 Å². The molecule has 0 bridgehead atoms. The van der Waals surface area contributed by atoms with Gasteiger partial charge >= 0.3 is 0 Å². The summed E-state index contributed by atoms with van der Waals surface area (Å²) < 4.78 is 7.71. The van der Waals surface area contributed by atoms with E-state index in [1.54, 1.807) is 6.92 Å². The molecular formula is C24H30N6O2. The zero-order chi connectivity index (χ0) is 22.6. The van der Waals surface area contributed by atoms with Gasteiger partial charge in [0.1, 0.15) is 23.7 Å². The van der Waals surface area contributed by atoms with Crippen molar-refractivity contribution in [3.8, 4) is 5.75 Å². The third kappa shape index (κ3) is 4.91. The third-order valence-corrected chi connectivity index (χ3v) is 5.83. The highest BCUT2D eigenvalue weighted by Gasteiger charge is 2.25. The summed E-state index contributed by atoms with van der Waals surface area (Å²) >= 11 is 0. The van der Waals surface area contributed by atoms with Crippen molar-refractivity contribution in [2.45, 2.75) is 38.5 Å². The molecular weight excluding hydrogens is 404 g/mol. The largest absolute Gasteiger partial charge is 0.493 e. The van der Waals surface area contributed by atoms with E-state index in [0.717, 1.165) is 34.9 Å². The Morgan fingerprint density at radius 1 is 1.19 bits per heavy atom. The molecule has 0 amide bonds. The van der Waals surface area contributed by atoms with Crippen molar-refractivity contribution in [2.75, 3.05) is 13.2 Å². The maximum atomic E-state index is 11.0. The maximum Gasteiger partial charge on any atom is 0.192 e. The van der Waals surface area contributed by atoms with E-state index < -0.39 is 5.60 Å². The van der Waals surface area contributed by atoms with Gasteiger partial charge in [-0.15, -0.1) is 10.2 Å². The molecule has 168 valence electrons. The predicted octanol–water partition coefficient (Wildman–Crippen LogP) is 2.59. The highest BCUT2D eigenvalue weighted by Crippen LogP contribution is 2.31. The Labute approximate surface area is 188 Å². The standard InChI is InChI=1S/C24H30N6O2/c1-17-28-29-22(30(17)3)15-25-23(26-16-24(2,31)18-9-5-4-6-10-18)27-20-13-14-32-21-12-8-7-11-19(20)21/h4-12,20,31H,13-16H2,1-3H3,(H2,25,26,27). The minimum Gasteiger partial charge on any atom is -0.493 e. The Bertz CT molecular complexity index is 1080. The van der Waals surface area contributed by atoms with E-state index in [0.29, 0.717) is 25.7 Å². The van der Waals surface area contributed by atoms with Crippen LogP contribution in [0, 0.1) is 6.92 Å². The summed E-state index contributed by atoms with van der Waals surface area (Å²) in [6.07, 6.45) is 0.815. The van der Waals surface area contributed by atoms with Gasteiger partial charge in [-0.3, -0.25) is 0 Å². The first kappa shape index (κ1) is 21.8. The third-order valence-electron chi connectivity index (χ3n) is 5.83. The Hall–Kier alpha value is -3.39. The molecule has 0 aliphatic carbocycles. The first-order valence-electron chi connectivity index (χ1n) is 10.8. The lowest BCUT2D eigenvalue weighted by atomic mass is 9.96. The highest BCUT2D eigenvalue weighted by molar-refractivity contribution is 5.80. The molecule has 3 N–H and O–H groups in total. The number of nitrogens with one attached hydrogen (secondary N) is 2. The van der Waals surface area contributed by atoms with Gasteiger partial charge < -0.3 is 25.0 Å². The van der Waals surface area contributed by atoms with Crippen molar-refractivity contribution in [1.29, 1.82) is 0 Å². The van der Waals surface area contributed by atoms with Crippen LogP contribution in [-0.4, -0.2) is 39.0 Å². The predicted molar refractivity (Wildman–Crippen MR) is 123 cm³/mol. The Balaban J connectivity index is 1.54. The summed E-state index contributed by atoms with van der Waals surface area (Å²) in [5, 5.41) is 26.2. The van der Waals surface area contributed by atoms with Gasteiger partial charge in [0.05, 0.1) is 19.2 Å². The fraction of sp³-hybridized carbons (Fsp3) is 0.375. The molecule has 1 aliphatic heterocycles. The number of hydrogen-bond donors (Lipinski definition) is 3. The number of hydrogen-bond acceptors (Lipinski definition) is 5. The quantitative estimate of drug-likeness (QED) is 0.408. The lowest BCUT2D eigenvalue weighted by molar-refractivity contribution is 0.0616. The van der Waals surface area contributed by atoms with Gasteiger partial charge in [-0.25, -0.2) is 4.99 Å². The van der Waals surface area contributed by atoms with Crippen molar-refractivity contribution in [1.82, 2.24) is 25.4 Å². The molecule has 0 fully saturated rings. The molecule has 0 radical (unpaired) electrons. The second-order valence-corrected chi connectivity index (χ2v) is 8.25. The fourth-order valence-electron chi connectivity index (χ4n) is 3.70. The number of aryl methyl sites for hydroxylation is 1. The zero-order valence-corrected chi connectivity index (χ0v) is 18.7. The van der Waals surface area contributed by atoms with Crippen molar-refractivity contribution >= 4 is 5.96 Å². The molecule has 1 aliphatic rings. The fourth-order valence-corrected chi connectivity index (χ4v) is 3.70. The summed E-state index contributed by atoms with van der Waals surface area (Å²) in [7, 11) is 1.93. The molecule has 8 heteroatoms. The average Bonchev–Trinajstić information content (AvgIpc) is 3.14. The van der Waals surface area contributed by atoms with Crippen LogP contribution in [0.25, 0.3) is 0 Å². The average molecular weight is 435 g/mol. The number of fused-ring (bicyclic) bond motifs is 1. The van der Waals surface area contributed by atoms with Crippen molar-refractivity contribution in [3.05, 3.63) is 77.4 Å². The number of aliphatic imine (C=N–C) groups is 1. The molecule has 8 nitrogen and oxygen atoms in total. The van der Waals surface area contributed by atoms with E-state index in [2.05, 4.69) is 26.9 Å². The van der Waals surface area contributed by atoms with Gasteiger partial charge in [0.2, 0.25) is 0 Å². The van der Waals surface area contributed by atoms with E-state index in [-0.39, 0.29) is 6.04 Å². The van der Waals surface area contributed by atoms with E-state index in [9.17, 15) is 5.11 Å². The number of guanidine groups is 1. The molecule has 3 aromatic rings. The number of benzene rings is 2. The van der Waals surface area contributed by atoms with Crippen LogP contribution in [0.15, 0.2) is 59.6 Å². The molecule has 2 heterocycles. The second-order valence-electron chi connectivity index (χ2n) is 8.25.